The SMILES string of the molecule is Cc1ccc(C2CSCCN2C(=O)NC2CCN(C(=O)C3CCCCC3)CC2)cc1. The van der Waals surface area contributed by atoms with Gasteiger partial charge in [-0.1, -0.05) is 49.1 Å². The number of hydrogen-bond acceptors (Lipinski definition) is 3. The third-order valence-electron chi connectivity index (χ3n) is 6.94. The predicted octanol–water partition coefficient (Wildman–Crippen LogP) is 4.37. The van der Waals surface area contributed by atoms with Crippen LogP contribution in [0.5, 0.6) is 0 Å². The van der Waals surface area contributed by atoms with Crippen LogP contribution in [0.1, 0.15) is 62.1 Å². The minimum Gasteiger partial charge on any atom is -0.342 e. The number of urea groups is 1. The second-order valence-electron chi connectivity index (χ2n) is 9.08. The molecule has 1 aromatic carbocycles. The Morgan fingerprint density at radius 2 is 1.67 bits per heavy atom. The first-order valence-electron chi connectivity index (χ1n) is 11.6. The molecule has 1 aromatic rings. The second kappa shape index (κ2) is 10.1. The molecule has 1 aliphatic carbocycles. The number of amides is 3. The molecule has 1 N–H and O–H groups in total. The van der Waals surface area contributed by atoms with E-state index in [0.29, 0.717) is 5.91 Å². The van der Waals surface area contributed by atoms with E-state index in [9.17, 15) is 9.59 Å². The van der Waals surface area contributed by atoms with Crippen molar-refractivity contribution in [2.45, 2.75) is 64.0 Å². The van der Waals surface area contributed by atoms with E-state index >= 15 is 0 Å². The fourth-order valence-corrected chi connectivity index (χ4v) is 6.11. The maximum atomic E-state index is 13.1. The Kier molecular flexibility index (Phi) is 7.24. The highest BCUT2D eigenvalue weighted by Gasteiger charge is 2.32. The van der Waals surface area contributed by atoms with Crippen LogP contribution in [0, 0.1) is 12.8 Å². The Hall–Kier alpha value is -1.69. The van der Waals surface area contributed by atoms with Crippen molar-refractivity contribution in [2.75, 3.05) is 31.1 Å². The summed E-state index contributed by atoms with van der Waals surface area (Å²) < 4.78 is 0. The summed E-state index contributed by atoms with van der Waals surface area (Å²) in [5.41, 5.74) is 2.46. The summed E-state index contributed by atoms with van der Waals surface area (Å²) in [5.74, 6) is 2.53. The summed E-state index contributed by atoms with van der Waals surface area (Å²) in [6, 6.07) is 8.92. The van der Waals surface area contributed by atoms with Gasteiger partial charge in [-0.15, -0.1) is 0 Å². The molecule has 2 heterocycles. The number of benzene rings is 1. The summed E-state index contributed by atoms with van der Waals surface area (Å²) in [5, 5.41) is 3.28. The van der Waals surface area contributed by atoms with E-state index in [2.05, 4.69) is 36.5 Å². The van der Waals surface area contributed by atoms with E-state index in [1.807, 2.05) is 21.6 Å². The van der Waals surface area contributed by atoms with E-state index < -0.39 is 0 Å². The molecule has 0 aromatic heterocycles. The van der Waals surface area contributed by atoms with Gasteiger partial charge in [-0.25, -0.2) is 4.79 Å². The van der Waals surface area contributed by atoms with Crippen LogP contribution in [-0.4, -0.2) is 58.9 Å². The van der Waals surface area contributed by atoms with Crippen LogP contribution in [0.3, 0.4) is 0 Å². The third-order valence-corrected chi connectivity index (χ3v) is 7.96. The van der Waals surface area contributed by atoms with Crippen molar-refractivity contribution in [3.05, 3.63) is 35.4 Å². The van der Waals surface area contributed by atoms with E-state index in [0.717, 1.165) is 56.8 Å². The van der Waals surface area contributed by atoms with Crippen molar-refractivity contribution in [1.29, 1.82) is 0 Å². The molecule has 2 saturated heterocycles. The van der Waals surface area contributed by atoms with Gasteiger partial charge in [0.1, 0.15) is 0 Å². The minimum atomic E-state index is 0.0536. The molecule has 164 valence electrons. The van der Waals surface area contributed by atoms with Gasteiger partial charge < -0.3 is 15.1 Å². The van der Waals surface area contributed by atoms with Crippen molar-refractivity contribution in [3.63, 3.8) is 0 Å². The van der Waals surface area contributed by atoms with Gasteiger partial charge >= 0.3 is 6.03 Å². The van der Waals surface area contributed by atoms with Gasteiger partial charge in [0.15, 0.2) is 0 Å². The number of carbonyl (C=O) groups is 2. The molecule has 0 radical (unpaired) electrons. The van der Waals surface area contributed by atoms with Gasteiger partial charge in [0.25, 0.3) is 0 Å². The number of hydrogen-bond donors (Lipinski definition) is 1. The zero-order chi connectivity index (χ0) is 20.9. The largest absolute Gasteiger partial charge is 0.342 e. The van der Waals surface area contributed by atoms with E-state index in [1.165, 1.54) is 30.4 Å². The van der Waals surface area contributed by atoms with Gasteiger partial charge in [-0.2, -0.15) is 11.8 Å². The Morgan fingerprint density at radius 1 is 0.967 bits per heavy atom. The van der Waals surface area contributed by atoms with Crippen LogP contribution >= 0.6 is 11.8 Å². The quantitative estimate of drug-likeness (QED) is 0.776. The first kappa shape index (κ1) is 21.5. The molecule has 5 nitrogen and oxygen atoms in total. The molecule has 1 atom stereocenters. The number of aryl methyl sites for hydroxylation is 1. The predicted molar refractivity (Wildman–Crippen MR) is 123 cm³/mol. The molecule has 2 aliphatic heterocycles. The highest BCUT2D eigenvalue weighted by Crippen LogP contribution is 2.30. The third kappa shape index (κ3) is 5.13. The first-order valence-corrected chi connectivity index (χ1v) is 12.8. The van der Waals surface area contributed by atoms with Gasteiger partial charge in [0.2, 0.25) is 5.91 Å². The van der Waals surface area contributed by atoms with Crippen molar-refractivity contribution >= 4 is 23.7 Å². The molecule has 3 fully saturated rings. The Balaban J connectivity index is 1.30. The molecule has 30 heavy (non-hydrogen) atoms. The van der Waals surface area contributed by atoms with Crippen LogP contribution in [0.2, 0.25) is 0 Å². The number of likely N-dealkylation sites (tertiary alicyclic amines) is 1. The topological polar surface area (TPSA) is 52.7 Å². The Labute approximate surface area is 184 Å². The number of carbonyl (C=O) groups excluding carboxylic acids is 2. The lowest BCUT2D eigenvalue weighted by Crippen LogP contribution is -2.53. The van der Waals surface area contributed by atoms with Gasteiger partial charge in [0, 0.05) is 43.1 Å². The molecule has 0 bridgehead atoms. The molecule has 6 heteroatoms. The molecule has 3 aliphatic rings. The first-order chi connectivity index (χ1) is 14.6. The van der Waals surface area contributed by atoms with Crippen molar-refractivity contribution < 1.29 is 9.59 Å². The standard InChI is InChI=1S/C24H35N3O2S/c1-18-7-9-19(10-8-18)22-17-30-16-15-27(22)24(29)25-21-11-13-26(14-12-21)23(28)20-5-3-2-4-6-20/h7-10,20-22H,2-6,11-17H2,1H3,(H,25,29). The summed E-state index contributed by atoms with van der Waals surface area (Å²) in [6.07, 6.45) is 7.50. The minimum absolute atomic E-state index is 0.0536. The maximum absolute atomic E-state index is 13.1. The average molecular weight is 430 g/mol. The van der Waals surface area contributed by atoms with Crippen LogP contribution in [-0.2, 0) is 4.79 Å². The number of nitrogens with one attached hydrogen (secondary N) is 1. The van der Waals surface area contributed by atoms with E-state index in [4.69, 9.17) is 0 Å². The highest BCUT2D eigenvalue weighted by molar-refractivity contribution is 7.99. The summed E-state index contributed by atoms with van der Waals surface area (Å²) >= 11 is 1.92. The maximum Gasteiger partial charge on any atom is 0.318 e. The number of nitrogens with zero attached hydrogens (tertiary/aromatic N) is 2. The molecule has 0 spiro atoms. The van der Waals surface area contributed by atoms with Crippen LogP contribution in [0.25, 0.3) is 0 Å². The highest BCUT2D eigenvalue weighted by atomic mass is 32.2. The summed E-state index contributed by atoms with van der Waals surface area (Å²) in [4.78, 5) is 29.9. The monoisotopic (exact) mass is 429 g/mol. The van der Waals surface area contributed by atoms with Crippen LogP contribution in [0.15, 0.2) is 24.3 Å². The van der Waals surface area contributed by atoms with E-state index in [1.54, 1.807) is 0 Å². The second-order valence-corrected chi connectivity index (χ2v) is 10.2. The lowest BCUT2D eigenvalue weighted by molar-refractivity contribution is -0.137. The van der Waals surface area contributed by atoms with Crippen molar-refractivity contribution in [2.24, 2.45) is 5.92 Å². The molecular formula is C24H35N3O2S. The fourth-order valence-electron chi connectivity index (χ4n) is 5.02. The summed E-state index contributed by atoms with van der Waals surface area (Å²) in [7, 11) is 0. The molecule has 1 saturated carbocycles. The number of thioether (sulfide) groups is 1. The lowest BCUT2D eigenvalue weighted by atomic mass is 9.87. The Bertz CT molecular complexity index is 724. The van der Waals surface area contributed by atoms with E-state index in [-0.39, 0.29) is 24.0 Å². The van der Waals surface area contributed by atoms with Gasteiger partial charge in [-0.05, 0) is 38.2 Å². The zero-order valence-electron chi connectivity index (χ0n) is 18.1. The molecule has 4 rings (SSSR count). The van der Waals surface area contributed by atoms with Crippen molar-refractivity contribution in [1.82, 2.24) is 15.1 Å². The molecule has 3 amide bonds. The van der Waals surface area contributed by atoms with Gasteiger partial charge in [0.05, 0.1) is 6.04 Å². The normalized spacial score (nSPS) is 24.0. The Morgan fingerprint density at radius 3 is 2.37 bits per heavy atom. The fraction of sp³-hybridized carbons (Fsp3) is 0.667. The van der Waals surface area contributed by atoms with Crippen molar-refractivity contribution in [3.8, 4) is 0 Å². The number of rotatable bonds is 3. The number of piperidine rings is 1. The molecule has 1 unspecified atom stereocenters. The van der Waals surface area contributed by atoms with Gasteiger partial charge in [-0.3, -0.25) is 4.79 Å². The molecular weight excluding hydrogens is 394 g/mol. The van der Waals surface area contributed by atoms with Crippen LogP contribution < -0.4 is 5.32 Å². The lowest BCUT2D eigenvalue weighted by Gasteiger charge is -2.39. The zero-order valence-corrected chi connectivity index (χ0v) is 19.0. The van der Waals surface area contributed by atoms with Crippen LogP contribution in [0.4, 0.5) is 4.79 Å². The summed E-state index contributed by atoms with van der Waals surface area (Å²) in [6.45, 7) is 4.43. The average Bonchev–Trinajstić information content (AvgIpc) is 2.80. The smallest absolute Gasteiger partial charge is 0.318 e.